The van der Waals surface area contributed by atoms with Crippen molar-refractivity contribution >= 4 is 15.8 Å². The monoisotopic (exact) mass is 382 g/mol. The summed E-state index contributed by atoms with van der Waals surface area (Å²) in [5.74, 6) is 0.378. The van der Waals surface area contributed by atoms with Gasteiger partial charge in [0.2, 0.25) is 15.9 Å². The number of anilines is 1. The van der Waals surface area contributed by atoms with E-state index < -0.39 is 15.8 Å². The van der Waals surface area contributed by atoms with E-state index in [0.717, 1.165) is 6.07 Å². The van der Waals surface area contributed by atoms with Gasteiger partial charge in [-0.15, -0.1) is 0 Å². The smallest absolute Gasteiger partial charge is 0.321 e. The van der Waals surface area contributed by atoms with Crippen LogP contribution in [0, 0.1) is 5.82 Å². The van der Waals surface area contributed by atoms with Crippen molar-refractivity contribution in [3.63, 3.8) is 0 Å². The molecule has 2 aromatic rings. The molecule has 0 bridgehead atoms. The molecular formula is C16H19FN4O4S. The van der Waals surface area contributed by atoms with Crippen molar-refractivity contribution in [2.24, 2.45) is 0 Å². The number of hydrogen-bond donors (Lipinski definition) is 0. The summed E-state index contributed by atoms with van der Waals surface area (Å²) in [6.07, 6.45) is 0. The van der Waals surface area contributed by atoms with Crippen LogP contribution in [0.5, 0.6) is 11.9 Å². The molecule has 1 saturated heterocycles. The number of nitrogens with zero attached hydrogens (tertiary/aromatic N) is 4. The van der Waals surface area contributed by atoms with Crippen molar-refractivity contribution < 1.29 is 22.3 Å². The van der Waals surface area contributed by atoms with Crippen molar-refractivity contribution in [3.8, 4) is 11.9 Å². The molecule has 1 aromatic heterocycles. The van der Waals surface area contributed by atoms with E-state index in [1.54, 1.807) is 6.07 Å². The normalized spacial score (nSPS) is 15.7. The van der Waals surface area contributed by atoms with Crippen LogP contribution in [0.15, 0.2) is 35.2 Å². The highest BCUT2D eigenvalue weighted by atomic mass is 32.2. The third-order valence-corrected chi connectivity index (χ3v) is 5.95. The summed E-state index contributed by atoms with van der Waals surface area (Å²) in [5, 5.41) is 0. The molecule has 0 atom stereocenters. The molecule has 1 aliphatic rings. The minimum Gasteiger partial charge on any atom is -0.481 e. The Morgan fingerprint density at radius 2 is 1.77 bits per heavy atom. The van der Waals surface area contributed by atoms with Gasteiger partial charge < -0.3 is 14.4 Å². The summed E-state index contributed by atoms with van der Waals surface area (Å²) in [5.41, 5.74) is 0. The molecule has 1 fully saturated rings. The van der Waals surface area contributed by atoms with Gasteiger partial charge in [-0.1, -0.05) is 6.07 Å². The van der Waals surface area contributed by atoms with E-state index >= 15 is 0 Å². The second kappa shape index (κ2) is 7.42. The average molecular weight is 382 g/mol. The van der Waals surface area contributed by atoms with Crippen molar-refractivity contribution in [1.29, 1.82) is 0 Å². The lowest BCUT2D eigenvalue weighted by Crippen LogP contribution is -2.49. The molecule has 0 amide bonds. The molecule has 0 saturated carbocycles. The Labute approximate surface area is 151 Å². The fourth-order valence-corrected chi connectivity index (χ4v) is 4.14. The van der Waals surface area contributed by atoms with Crippen LogP contribution in [0.3, 0.4) is 0 Å². The van der Waals surface area contributed by atoms with Crippen LogP contribution in [-0.2, 0) is 10.0 Å². The van der Waals surface area contributed by atoms with Gasteiger partial charge in [-0.2, -0.15) is 14.3 Å². The number of ether oxygens (including phenoxy) is 2. The van der Waals surface area contributed by atoms with Crippen molar-refractivity contribution in [3.05, 3.63) is 36.1 Å². The van der Waals surface area contributed by atoms with E-state index in [1.807, 2.05) is 4.90 Å². The van der Waals surface area contributed by atoms with Gasteiger partial charge in [0.05, 0.1) is 19.1 Å². The van der Waals surface area contributed by atoms with Crippen LogP contribution >= 0.6 is 0 Å². The fraction of sp³-hybridized carbons (Fsp3) is 0.375. The lowest BCUT2D eigenvalue weighted by molar-refractivity contribution is 0.349. The molecule has 140 valence electrons. The summed E-state index contributed by atoms with van der Waals surface area (Å²) in [7, 11) is -0.776. The van der Waals surface area contributed by atoms with E-state index in [-0.39, 0.29) is 24.0 Å². The molecule has 2 heterocycles. The third kappa shape index (κ3) is 3.70. The SMILES string of the molecule is COc1cc(N2CCN(S(=O)(=O)c3cccc(F)c3)CC2)nc(OC)n1. The molecule has 0 unspecified atom stereocenters. The second-order valence-corrected chi connectivity index (χ2v) is 7.54. The summed E-state index contributed by atoms with van der Waals surface area (Å²) in [4.78, 5) is 10.2. The molecule has 0 N–H and O–H groups in total. The van der Waals surface area contributed by atoms with Gasteiger partial charge in [-0.25, -0.2) is 12.8 Å². The number of rotatable bonds is 5. The summed E-state index contributed by atoms with van der Waals surface area (Å²) in [6.45, 7) is 1.37. The third-order valence-electron chi connectivity index (χ3n) is 4.06. The van der Waals surface area contributed by atoms with Gasteiger partial charge in [-0.05, 0) is 18.2 Å². The van der Waals surface area contributed by atoms with Crippen LogP contribution in [-0.4, -0.2) is 63.1 Å². The largest absolute Gasteiger partial charge is 0.481 e. The van der Waals surface area contributed by atoms with Gasteiger partial charge in [-0.3, -0.25) is 0 Å². The van der Waals surface area contributed by atoms with Crippen LogP contribution in [0.25, 0.3) is 0 Å². The zero-order valence-corrected chi connectivity index (χ0v) is 15.2. The fourth-order valence-electron chi connectivity index (χ4n) is 2.68. The molecule has 10 heteroatoms. The Kier molecular flexibility index (Phi) is 5.23. The van der Waals surface area contributed by atoms with Crippen LogP contribution in [0.1, 0.15) is 0 Å². The van der Waals surface area contributed by atoms with Crippen LogP contribution < -0.4 is 14.4 Å². The quantitative estimate of drug-likeness (QED) is 0.767. The molecule has 26 heavy (non-hydrogen) atoms. The van der Waals surface area contributed by atoms with Crippen molar-refractivity contribution in [2.75, 3.05) is 45.3 Å². The predicted octanol–water partition coefficient (Wildman–Crippen LogP) is 1.14. The number of halogens is 1. The van der Waals surface area contributed by atoms with E-state index in [2.05, 4.69) is 9.97 Å². The molecule has 8 nitrogen and oxygen atoms in total. The van der Waals surface area contributed by atoms with Crippen molar-refractivity contribution in [2.45, 2.75) is 4.90 Å². The van der Waals surface area contributed by atoms with Gasteiger partial charge in [0.1, 0.15) is 11.6 Å². The van der Waals surface area contributed by atoms with Gasteiger partial charge in [0, 0.05) is 32.2 Å². The minimum absolute atomic E-state index is 0.0451. The highest BCUT2D eigenvalue weighted by Crippen LogP contribution is 2.24. The Bertz CT molecular complexity index is 863. The number of piperazine rings is 1. The topological polar surface area (TPSA) is 84.9 Å². The number of aromatic nitrogens is 2. The first-order valence-corrected chi connectivity index (χ1v) is 9.36. The lowest BCUT2D eigenvalue weighted by atomic mass is 10.3. The number of hydrogen-bond acceptors (Lipinski definition) is 7. The average Bonchev–Trinajstić information content (AvgIpc) is 2.67. The molecule has 1 aliphatic heterocycles. The molecule has 1 aromatic carbocycles. The minimum atomic E-state index is -3.73. The van der Waals surface area contributed by atoms with Crippen LogP contribution in [0.4, 0.5) is 10.2 Å². The second-order valence-electron chi connectivity index (χ2n) is 5.60. The summed E-state index contributed by atoms with van der Waals surface area (Å²) in [6, 6.07) is 6.87. The van der Waals surface area contributed by atoms with Gasteiger partial charge in [0.15, 0.2) is 0 Å². The Hall–Kier alpha value is -2.46. The Morgan fingerprint density at radius 3 is 2.38 bits per heavy atom. The van der Waals surface area contributed by atoms with E-state index in [1.165, 1.54) is 36.7 Å². The summed E-state index contributed by atoms with van der Waals surface area (Å²) < 4.78 is 50.2. The molecule has 0 aliphatic carbocycles. The van der Waals surface area contributed by atoms with Crippen LogP contribution in [0.2, 0.25) is 0 Å². The predicted molar refractivity (Wildman–Crippen MR) is 92.5 cm³/mol. The van der Waals surface area contributed by atoms with Crippen molar-refractivity contribution in [1.82, 2.24) is 14.3 Å². The standard InChI is InChI=1S/C16H19FN4O4S/c1-24-15-11-14(18-16(19-15)25-2)20-6-8-21(9-7-20)26(22,23)13-5-3-4-12(17)10-13/h3-5,10-11H,6-9H2,1-2H3. The highest BCUT2D eigenvalue weighted by Gasteiger charge is 2.29. The maximum Gasteiger partial charge on any atom is 0.321 e. The van der Waals surface area contributed by atoms with E-state index in [9.17, 15) is 12.8 Å². The molecule has 3 rings (SSSR count). The number of sulfonamides is 1. The first-order chi connectivity index (χ1) is 12.4. The first kappa shape index (κ1) is 18.3. The zero-order valence-electron chi connectivity index (χ0n) is 14.4. The zero-order chi connectivity index (χ0) is 18.7. The first-order valence-electron chi connectivity index (χ1n) is 7.92. The lowest BCUT2D eigenvalue weighted by Gasteiger charge is -2.34. The molecule has 0 spiro atoms. The number of benzene rings is 1. The molecular weight excluding hydrogens is 363 g/mol. The van der Waals surface area contributed by atoms with Gasteiger partial charge in [0.25, 0.3) is 0 Å². The Morgan fingerprint density at radius 1 is 1.04 bits per heavy atom. The summed E-state index contributed by atoms with van der Waals surface area (Å²) >= 11 is 0. The maximum absolute atomic E-state index is 13.4. The maximum atomic E-state index is 13.4. The number of methoxy groups -OCH3 is 2. The van der Waals surface area contributed by atoms with E-state index in [4.69, 9.17) is 9.47 Å². The molecule has 0 radical (unpaired) electrons. The van der Waals surface area contributed by atoms with Gasteiger partial charge >= 0.3 is 6.01 Å². The van der Waals surface area contributed by atoms with E-state index in [0.29, 0.717) is 24.8 Å². The highest BCUT2D eigenvalue weighted by molar-refractivity contribution is 7.89. The Balaban J connectivity index is 1.75.